The van der Waals surface area contributed by atoms with Crippen LogP contribution in [0, 0.1) is 11.8 Å². The molecule has 2 saturated heterocycles. The van der Waals surface area contributed by atoms with Crippen LogP contribution >= 0.6 is 0 Å². The second kappa shape index (κ2) is 6.36. The first-order chi connectivity index (χ1) is 8.28. The van der Waals surface area contributed by atoms with Crippen molar-refractivity contribution in [2.45, 2.75) is 26.2 Å². The van der Waals surface area contributed by atoms with E-state index in [-0.39, 0.29) is 5.91 Å². The molecular weight excluding hydrogens is 214 g/mol. The van der Waals surface area contributed by atoms with Gasteiger partial charge in [-0.3, -0.25) is 4.79 Å². The standard InChI is InChI=1S/C13H25N3O/c1-2-16-6-4-12(10-16)9-15-13(17)7-11-3-5-14-8-11/h11-12,14H,2-10H2,1H3,(H,15,17). The number of hydrogen-bond acceptors (Lipinski definition) is 3. The summed E-state index contributed by atoms with van der Waals surface area (Å²) in [4.78, 5) is 14.2. The average Bonchev–Trinajstić information content (AvgIpc) is 2.96. The van der Waals surface area contributed by atoms with E-state index in [1.54, 1.807) is 0 Å². The van der Waals surface area contributed by atoms with Crippen molar-refractivity contribution in [3.05, 3.63) is 0 Å². The zero-order valence-electron chi connectivity index (χ0n) is 10.9. The van der Waals surface area contributed by atoms with Gasteiger partial charge in [-0.2, -0.15) is 0 Å². The molecule has 0 aromatic heterocycles. The Bertz CT molecular complexity index is 251. The van der Waals surface area contributed by atoms with Gasteiger partial charge in [-0.05, 0) is 50.9 Å². The Labute approximate surface area is 104 Å². The highest BCUT2D eigenvalue weighted by atomic mass is 16.1. The van der Waals surface area contributed by atoms with E-state index < -0.39 is 0 Å². The molecule has 0 saturated carbocycles. The van der Waals surface area contributed by atoms with Gasteiger partial charge in [-0.1, -0.05) is 6.92 Å². The summed E-state index contributed by atoms with van der Waals surface area (Å²) in [7, 11) is 0. The van der Waals surface area contributed by atoms with Gasteiger partial charge in [0.05, 0.1) is 0 Å². The molecule has 0 aliphatic carbocycles. The summed E-state index contributed by atoms with van der Waals surface area (Å²) in [6, 6.07) is 0. The van der Waals surface area contributed by atoms with Crippen LogP contribution in [0.15, 0.2) is 0 Å². The van der Waals surface area contributed by atoms with Crippen molar-refractivity contribution in [1.29, 1.82) is 0 Å². The minimum atomic E-state index is 0.244. The topological polar surface area (TPSA) is 44.4 Å². The highest BCUT2D eigenvalue weighted by Gasteiger charge is 2.22. The van der Waals surface area contributed by atoms with Crippen molar-refractivity contribution in [2.24, 2.45) is 11.8 Å². The molecule has 4 nitrogen and oxygen atoms in total. The van der Waals surface area contributed by atoms with E-state index in [2.05, 4.69) is 22.5 Å². The number of carbonyl (C=O) groups excluding carboxylic acids is 1. The van der Waals surface area contributed by atoms with E-state index in [0.717, 1.165) is 39.1 Å². The number of rotatable bonds is 5. The van der Waals surface area contributed by atoms with E-state index in [9.17, 15) is 4.79 Å². The van der Waals surface area contributed by atoms with Crippen LogP contribution in [0.3, 0.4) is 0 Å². The van der Waals surface area contributed by atoms with Crippen molar-refractivity contribution in [3.8, 4) is 0 Å². The predicted molar refractivity (Wildman–Crippen MR) is 68.8 cm³/mol. The highest BCUT2D eigenvalue weighted by Crippen LogP contribution is 2.15. The van der Waals surface area contributed by atoms with Gasteiger partial charge < -0.3 is 15.5 Å². The first-order valence-electron chi connectivity index (χ1n) is 6.97. The molecular formula is C13H25N3O. The van der Waals surface area contributed by atoms with Crippen molar-refractivity contribution in [2.75, 3.05) is 39.3 Å². The SMILES string of the molecule is CCN1CCC(CNC(=O)CC2CCNC2)C1. The molecule has 2 unspecified atom stereocenters. The normalized spacial score (nSPS) is 29.7. The van der Waals surface area contributed by atoms with Gasteiger partial charge in [0.1, 0.15) is 0 Å². The first kappa shape index (κ1) is 12.8. The molecule has 2 N–H and O–H groups in total. The zero-order chi connectivity index (χ0) is 12.1. The van der Waals surface area contributed by atoms with Crippen LogP contribution in [0.5, 0.6) is 0 Å². The number of likely N-dealkylation sites (tertiary alicyclic amines) is 1. The smallest absolute Gasteiger partial charge is 0.220 e. The van der Waals surface area contributed by atoms with E-state index in [1.807, 2.05) is 0 Å². The maximum atomic E-state index is 11.8. The molecule has 0 spiro atoms. The Balaban J connectivity index is 1.59. The Kier molecular flexibility index (Phi) is 4.80. The third-order valence-corrected chi connectivity index (χ3v) is 4.04. The molecule has 2 heterocycles. The predicted octanol–water partition coefficient (Wildman–Crippen LogP) is 0.444. The summed E-state index contributed by atoms with van der Waals surface area (Å²) in [6.45, 7) is 8.65. The minimum absolute atomic E-state index is 0.244. The Morgan fingerprint density at radius 2 is 2.29 bits per heavy atom. The number of hydrogen-bond donors (Lipinski definition) is 2. The summed E-state index contributed by atoms with van der Waals surface area (Å²) in [5.41, 5.74) is 0. The summed E-state index contributed by atoms with van der Waals surface area (Å²) in [6.07, 6.45) is 3.09. The molecule has 2 aliphatic rings. The summed E-state index contributed by atoms with van der Waals surface area (Å²) < 4.78 is 0. The van der Waals surface area contributed by atoms with Crippen LogP contribution < -0.4 is 10.6 Å². The fraction of sp³-hybridized carbons (Fsp3) is 0.923. The molecule has 4 heteroatoms. The Hall–Kier alpha value is -0.610. The lowest BCUT2D eigenvalue weighted by molar-refractivity contribution is -0.122. The van der Waals surface area contributed by atoms with Crippen LogP contribution in [0.4, 0.5) is 0 Å². The van der Waals surface area contributed by atoms with Gasteiger partial charge in [0.2, 0.25) is 5.91 Å². The Morgan fingerprint density at radius 3 is 2.94 bits per heavy atom. The van der Waals surface area contributed by atoms with E-state index in [1.165, 1.54) is 13.0 Å². The molecule has 2 aliphatic heterocycles. The first-order valence-corrected chi connectivity index (χ1v) is 6.97. The second-order valence-corrected chi connectivity index (χ2v) is 5.41. The lowest BCUT2D eigenvalue weighted by Gasteiger charge is -2.14. The fourth-order valence-corrected chi connectivity index (χ4v) is 2.85. The fourth-order valence-electron chi connectivity index (χ4n) is 2.85. The number of carbonyl (C=O) groups is 1. The monoisotopic (exact) mass is 239 g/mol. The van der Waals surface area contributed by atoms with E-state index >= 15 is 0 Å². The lowest BCUT2D eigenvalue weighted by Crippen LogP contribution is -2.32. The van der Waals surface area contributed by atoms with Crippen molar-refractivity contribution >= 4 is 5.91 Å². The average molecular weight is 239 g/mol. The van der Waals surface area contributed by atoms with Gasteiger partial charge in [0.25, 0.3) is 0 Å². The maximum absolute atomic E-state index is 11.8. The zero-order valence-corrected chi connectivity index (χ0v) is 10.9. The highest BCUT2D eigenvalue weighted by molar-refractivity contribution is 5.76. The van der Waals surface area contributed by atoms with Crippen LogP contribution in [0.1, 0.15) is 26.2 Å². The largest absolute Gasteiger partial charge is 0.356 e. The molecule has 98 valence electrons. The quantitative estimate of drug-likeness (QED) is 0.732. The number of amides is 1. The maximum Gasteiger partial charge on any atom is 0.220 e. The van der Waals surface area contributed by atoms with Gasteiger partial charge in [-0.25, -0.2) is 0 Å². The van der Waals surface area contributed by atoms with Crippen molar-refractivity contribution in [1.82, 2.24) is 15.5 Å². The summed E-state index contributed by atoms with van der Waals surface area (Å²) in [5.74, 6) is 1.47. The minimum Gasteiger partial charge on any atom is -0.356 e. The summed E-state index contributed by atoms with van der Waals surface area (Å²) in [5, 5.41) is 6.40. The molecule has 17 heavy (non-hydrogen) atoms. The van der Waals surface area contributed by atoms with Gasteiger partial charge in [-0.15, -0.1) is 0 Å². The van der Waals surface area contributed by atoms with Crippen LogP contribution in [0.25, 0.3) is 0 Å². The van der Waals surface area contributed by atoms with E-state index in [0.29, 0.717) is 18.3 Å². The van der Waals surface area contributed by atoms with E-state index in [4.69, 9.17) is 0 Å². The molecule has 2 atom stereocenters. The van der Waals surface area contributed by atoms with Crippen molar-refractivity contribution in [3.63, 3.8) is 0 Å². The van der Waals surface area contributed by atoms with Gasteiger partial charge in [0.15, 0.2) is 0 Å². The van der Waals surface area contributed by atoms with Crippen LogP contribution in [-0.4, -0.2) is 50.1 Å². The molecule has 0 bridgehead atoms. The molecule has 0 aromatic carbocycles. The third-order valence-electron chi connectivity index (χ3n) is 4.04. The molecule has 1 amide bonds. The molecule has 2 fully saturated rings. The van der Waals surface area contributed by atoms with Crippen LogP contribution in [-0.2, 0) is 4.79 Å². The summed E-state index contributed by atoms with van der Waals surface area (Å²) >= 11 is 0. The lowest BCUT2D eigenvalue weighted by atomic mass is 10.0. The molecule has 0 radical (unpaired) electrons. The number of nitrogens with one attached hydrogen (secondary N) is 2. The Morgan fingerprint density at radius 1 is 1.41 bits per heavy atom. The van der Waals surface area contributed by atoms with Crippen LogP contribution in [0.2, 0.25) is 0 Å². The van der Waals surface area contributed by atoms with Gasteiger partial charge >= 0.3 is 0 Å². The molecule has 0 aromatic rings. The second-order valence-electron chi connectivity index (χ2n) is 5.41. The molecule has 2 rings (SSSR count). The third kappa shape index (κ3) is 3.96. The number of nitrogens with zero attached hydrogens (tertiary/aromatic N) is 1. The van der Waals surface area contributed by atoms with Crippen molar-refractivity contribution < 1.29 is 4.79 Å². The van der Waals surface area contributed by atoms with Gasteiger partial charge in [0, 0.05) is 19.5 Å².